The van der Waals surface area contributed by atoms with Crippen molar-refractivity contribution in [3.05, 3.63) is 59.8 Å². The van der Waals surface area contributed by atoms with Crippen LogP contribution in [0.25, 0.3) is 0 Å². The summed E-state index contributed by atoms with van der Waals surface area (Å²) in [6.07, 6.45) is 0. The van der Waals surface area contributed by atoms with Crippen LogP contribution in [0.3, 0.4) is 0 Å². The number of H-pyrrole nitrogens is 1. The molecule has 0 radical (unpaired) electrons. The molecule has 0 fully saturated rings. The molecule has 1 amide bonds. The Hall–Kier alpha value is -3.53. The zero-order chi connectivity index (χ0) is 21.0. The molecular formula is C19H20N4O5S. The summed E-state index contributed by atoms with van der Waals surface area (Å²) in [5.74, 6) is 0.402. The van der Waals surface area contributed by atoms with Crippen LogP contribution < -0.4 is 19.5 Å². The highest BCUT2D eigenvalue weighted by molar-refractivity contribution is 7.92. The van der Waals surface area contributed by atoms with Gasteiger partial charge in [0.1, 0.15) is 17.1 Å². The Kier molecular flexibility index (Phi) is 5.74. The number of ether oxygens (including phenoxy) is 2. The summed E-state index contributed by atoms with van der Waals surface area (Å²) in [4.78, 5) is 12.8. The maximum atomic E-state index is 12.8. The number of hydrogen-bond acceptors (Lipinski definition) is 6. The van der Waals surface area contributed by atoms with Crippen molar-refractivity contribution in [1.29, 1.82) is 0 Å². The third-order valence-electron chi connectivity index (χ3n) is 4.09. The van der Waals surface area contributed by atoms with E-state index in [0.29, 0.717) is 28.6 Å². The van der Waals surface area contributed by atoms with Gasteiger partial charge in [-0.3, -0.25) is 14.6 Å². The van der Waals surface area contributed by atoms with Gasteiger partial charge in [0, 0.05) is 11.4 Å². The van der Waals surface area contributed by atoms with E-state index in [1.165, 1.54) is 14.2 Å². The van der Waals surface area contributed by atoms with Crippen LogP contribution in [0.5, 0.6) is 11.5 Å². The van der Waals surface area contributed by atoms with E-state index in [1.807, 2.05) is 0 Å². The maximum absolute atomic E-state index is 12.8. The second-order valence-corrected chi connectivity index (χ2v) is 7.61. The summed E-state index contributed by atoms with van der Waals surface area (Å²) in [6.45, 7) is 1.57. The number of sulfonamides is 1. The Labute approximate surface area is 168 Å². The second-order valence-electron chi connectivity index (χ2n) is 6.02. The molecule has 1 heterocycles. The molecule has 0 aliphatic heterocycles. The van der Waals surface area contributed by atoms with Gasteiger partial charge in [-0.05, 0) is 43.3 Å². The van der Waals surface area contributed by atoms with Gasteiger partial charge in [0.2, 0.25) is 5.03 Å². The SMILES string of the molecule is COc1ccc(NS(=O)(=O)c2n[nH]c(C)c2C(=O)Nc2ccccc2OC)cc1. The zero-order valence-corrected chi connectivity index (χ0v) is 16.8. The lowest BCUT2D eigenvalue weighted by atomic mass is 10.2. The Balaban J connectivity index is 1.90. The monoisotopic (exact) mass is 416 g/mol. The lowest BCUT2D eigenvalue weighted by molar-refractivity contribution is 0.102. The van der Waals surface area contributed by atoms with Crippen molar-refractivity contribution in [3.63, 3.8) is 0 Å². The number of nitrogens with zero attached hydrogens (tertiary/aromatic N) is 1. The van der Waals surface area contributed by atoms with E-state index in [9.17, 15) is 13.2 Å². The lowest BCUT2D eigenvalue weighted by Gasteiger charge is -2.11. The maximum Gasteiger partial charge on any atom is 0.282 e. The Morgan fingerprint density at radius 1 is 1.03 bits per heavy atom. The smallest absolute Gasteiger partial charge is 0.282 e. The molecule has 0 bridgehead atoms. The van der Waals surface area contributed by atoms with Gasteiger partial charge < -0.3 is 14.8 Å². The highest BCUT2D eigenvalue weighted by Crippen LogP contribution is 2.26. The Bertz CT molecular complexity index is 1120. The van der Waals surface area contributed by atoms with Crippen molar-refractivity contribution >= 4 is 27.3 Å². The predicted molar refractivity (Wildman–Crippen MR) is 108 cm³/mol. The molecule has 0 aliphatic rings. The summed E-state index contributed by atoms with van der Waals surface area (Å²) in [7, 11) is -1.13. The van der Waals surface area contributed by atoms with Crippen LogP contribution in [0.2, 0.25) is 0 Å². The van der Waals surface area contributed by atoms with Gasteiger partial charge in [-0.2, -0.15) is 13.5 Å². The van der Waals surface area contributed by atoms with Crippen LogP contribution in [0.1, 0.15) is 16.1 Å². The highest BCUT2D eigenvalue weighted by atomic mass is 32.2. The molecule has 10 heteroatoms. The standard InChI is InChI=1S/C19H20N4O5S/c1-12-17(18(24)20-15-6-4-5-7-16(15)28-3)19(22-21-12)29(25,26)23-13-8-10-14(27-2)11-9-13/h4-11,23H,1-3H3,(H,20,24)(H,21,22). The minimum Gasteiger partial charge on any atom is -0.497 e. The Morgan fingerprint density at radius 2 is 1.72 bits per heavy atom. The molecule has 2 aromatic carbocycles. The molecule has 152 valence electrons. The summed E-state index contributed by atoms with van der Waals surface area (Å²) >= 11 is 0. The number of hydrogen-bond donors (Lipinski definition) is 3. The summed E-state index contributed by atoms with van der Waals surface area (Å²) in [5, 5.41) is 8.65. The minimum atomic E-state index is -4.12. The quantitative estimate of drug-likeness (QED) is 0.544. The third kappa shape index (κ3) is 4.32. The number of para-hydroxylation sites is 2. The number of carbonyl (C=O) groups excluding carboxylic acids is 1. The van der Waals surface area contributed by atoms with Crippen molar-refractivity contribution in [2.75, 3.05) is 24.3 Å². The Morgan fingerprint density at radius 3 is 2.38 bits per heavy atom. The van der Waals surface area contributed by atoms with Crippen molar-refractivity contribution in [2.24, 2.45) is 0 Å². The number of amides is 1. The molecule has 0 atom stereocenters. The molecule has 0 unspecified atom stereocenters. The lowest BCUT2D eigenvalue weighted by Crippen LogP contribution is -2.20. The van der Waals surface area contributed by atoms with Crippen molar-refractivity contribution in [1.82, 2.24) is 10.2 Å². The van der Waals surface area contributed by atoms with Crippen molar-refractivity contribution in [3.8, 4) is 11.5 Å². The first-order chi connectivity index (χ1) is 13.9. The molecule has 3 N–H and O–H groups in total. The van der Waals surface area contributed by atoms with Gasteiger partial charge in [0.25, 0.3) is 15.9 Å². The van der Waals surface area contributed by atoms with E-state index in [-0.39, 0.29) is 5.56 Å². The number of carbonyl (C=O) groups is 1. The van der Waals surface area contributed by atoms with Crippen LogP contribution in [-0.4, -0.2) is 38.7 Å². The zero-order valence-electron chi connectivity index (χ0n) is 16.0. The van der Waals surface area contributed by atoms with Gasteiger partial charge in [0.15, 0.2) is 0 Å². The van der Waals surface area contributed by atoms with Crippen molar-refractivity contribution < 1.29 is 22.7 Å². The molecule has 1 aromatic heterocycles. The first-order valence-electron chi connectivity index (χ1n) is 8.52. The predicted octanol–water partition coefficient (Wildman–Crippen LogP) is 2.79. The molecule has 0 saturated heterocycles. The van der Waals surface area contributed by atoms with E-state index in [4.69, 9.17) is 9.47 Å². The third-order valence-corrected chi connectivity index (χ3v) is 5.40. The topological polar surface area (TPSA) is 122 Å². The first kappa shape index (κ1) is 20.2. The minimum absolute atomic E-state index is 0.0862. The first-order valence-corrected chi connectivity index (χ1v) is 10.00. The number of aromatic amines is 1. The van der Waals surface area contributed by atoms with E-state index in [2.05, 4.69) is 20.2 Å². The number of anilines is 2. The van der Waals surface area contributed by atoms with Gasteiger partial charge in [-0.25, -0.2) is 0 Å². The molecular weight excluding hydrogens is 396 g/mol. The van der Waals surface area contributed by atoms with Gasteiger partial charge in [0.05, 0.1) is 19.9 Å². The van der Waals surface area contributed by atoms with Gasteiger partial charge in [-0.15, -0.1) is 0 Å². The van der Waals surface area contributed by atoms with Gasteiger partial charge in [-0.1, -0.05) is 12.1 Å². The second kappa shape index (κ2) is 8.23. The number of methoxy groups -OCH3 is 2. The number of benzene rings is 2. The fourth-order valence-electron chi connectivity index (χ4n) is 2.66. The van der Waals surface area contributed by atoms with Crippen LogP contribution >= 0.6 is 0 Å². The molecule has 29 heavy (non-hydrogen) atoms. The summed E-state index contributed by atoms with van der Waals surface area (Å²) in [5.41, 5.74) is 0.944. The van der Waals surface area contributed by atoms with Crippen LogP contribution in [-0.2, 0) is 10.0 Å². The molecule has 0 saturated carbocycles. The molecule has 9 nitrogen and oxygen atoms in total. The van der Waals surface area contributed by atoms with E-state index in [0.717, 1.165) is 0 Å². The molecule has 0 aliphatic carbocycles. The summed E-state index contributed by atoms with van der Waals surface area (Å²) < 4.78 is 38.4. The fourth-order valence-corrected chi connectivity index (χ4v) is 3.89. The molecule has 0 spiro atoms. The highest BCUT2D eigenvalue weighted by Gasteiger charge is 2.29. The van der Waals surface area contributed by atoms with E-state index < -0.39 is 21.0 Å². The normalized spacial score (nSPS) is 11.0. The number of nitrogens with one attached hydrogen (secondary N) is 3. The average molecular weight is 416 g/mol. The largest absolute Gasteiger partial charge is 0.497 e. The fraction of sp³-hybridized carbons (Fsp3) is 0.158. The number of rotatable bonds is 7. The van der Waals surface area contributed by atoms with Crippen LogP contribution in [0.15, 0.2) is 53.6 Å². The number of aryl methyl sites for hydroxylation is 1. The summed E-state index contributed by atoms with van der Waals surface area (Å²) in [6, 6.07) is 13.1. The van der Waals surface area contributed by atoms with Crippen molar-refractivity contribution in [2.45, 2.75) is 11.9 Å². The van der Waals surface area contributed by atoms with Crippen LogP contribution in [0.4, 0.5) is 11.4 Å². The number of aromatic nitrogens is 2. The van der Waals surface area contributed by atoms with Gasteiger partial charge >= 0.3 is 0 Å². The average Bonchev–Trinajstić information content (AvgIpc) is 3.11. The molecule has 3 aromatic rings. The van der Waals surface area contributed by atoms with E-state index >= 15 is 0 Å². The van der Waals surface area contributed by atoms with Crippen LogP contribution in [0, 0.1) is 6.92 Å². The van der Waals surface area contributed by atoms with E-state index in [1.54, 1.807) is 55.5 Å². The molecule has 3 rings (SSSR count).